The molecule has 31 heavy (non-hydrogen) atoms. The Labute approximate surface area is 174 Å². The van der Waals surface area contributed by atoms with Gasteiger partial charge in [-0.2, -0.15) is 0 Å². The van der Waals surface area contributed by atoms with Crippen molar-refractivity contribution in [1.82, 2.24) is 0 Å². The molecule has 5 unspecified atom stereocenters. The number of aromatic hydroxyl groups is 2. The van der Waals surface area contributed by atoms with Crippen molar-refractivity contribution in [3.05, 3.63) is 52.9 Å². The van der Waals surface area contributed by atoms with Gasteiger partial charge in [0, 0.05) is 12.1 Å². The normalized spacial score (nSPS) is 26.1. The topological polar surface area (TPSA) is 170 Å². The van der Waals surface area contributed by atoms with E-state index in [1.807, 2.05) is 0 Å². The van der Waals surface area contributed by atoms with Crippen LogP contribution in [0.25, 0.3) is 22.1 Å². The van der Waals surface area contributed by atoms with E-state index in [-0.39, 0.29) is 33.8 Å². The van der Waals surface area contributed by atoms with Crippen molar-refractivity contribution < 1.29 is 44.5 Å². The van der Waals surface area contributed by atoms with Crippen molar-refractivity contribution in [2.45, 2.75) is 30.7 Å². The van der Waals surface area contributed by atoms with Crippen LogP contribution in [0.3, 0.4) is 0 Å². The van der Waals surface area contributed by atoms with Gasteiger partial charge in [0.25, 0.3) is 0 Å². The maximum atomic E-state index is 13.2. The van der Waals surface area contributed by atoms with Crippen molar-refractivity contribution in [2.75, 3.05) is 6.61 Å². The van der Waals surface area contributed by atoms with E-state index in [2.05, 4.69) is 0 Å². The molecule has 6 N–H and O–H groups in total. The quantitative estimate of drug-likeness (QED) is 0.331. The van der Waals surface area contributed by atoms with Crippen molar-refractivity contribution >= 4 is 11.0 Å². The molecule has 10 nitrogen and oxygen atoms in total. The van der Waals surface area contributed by atoms with Gasteiger partial charge in [0.2, 0.25) is 11.7 Å². The largest absolute Gasteiger partial charge is 0.508 e. The third-order valence-corrected chi connectivity index (χ3v) is 5.10. The molecule has 1 saturated heterocycles. The van der Waals surface area contributed by atoms with Crippen LogP contribution in [0, 0.1) is 0 Å². The van der Waals surface area contributed by atoms with E-state index < -0.39 is 42.7 Å². The fraction of sp³-hybridized carbons (Fsp3) is 0.286. The van der Waals surface area contributed by atoms with E-state index >= 15 is 0 Å². The molecule has 1 aromatic heterocycles. The van der Waals surface area contributed by atoms with E-state index in [1.54, 1.807) is 0 Å². The number of hydrogen-bond acceptors (Lipinski definition) is 10. The predicted octanol–water partition coefficient (Wildman–Crippen LogP) is 0.0499. The third-order valence-electron chi connectivity index (χ3n) is 5.10. The average molecular weight is 432 g/mol. The predicted molar refractivity (Wildman–Crippen MR) is 106 cm³/mol. The molecule has 0 spiro atoms. The summed E-state index contributed by atoms with van der Waals surface area (Å²) in [5.74, 6) is -0.480. The number of aliphatic hydroxyl groups is 4. The lowest BCUT2D eigenvalue weighted by atomic mass is 9.99. The lowest BCUT2D eigenvalue weighted by molar-refractivity contribution is -0.277. The Bertz CT molecular complexity index is 1140. The fourth-order valence-corrected chi connectivity index (χ4v) is 3.43. The van der Waals surface area contributed by atoms with Crippen LogP contribution >= 0.6 is 0 Å². The monoisotopic (exact) mass is 432 g/mol. The Morgan fingerprint density at radius 1 is 0.935 bits per heavy atom. The average Bonchev–Trinajstić information content (AvgIpc) is 2.75. The van der Waals surface area contributed by atoms with Crippen molar-refractivity contribution in [3.8, 4) is 28.4 Å². The summed E-state index contributed by atoms with van der Waals surface area (Å²) in [7, 11) is 0. The number of phenols is 2. The van der Waals surface area contributed by atoms with Gasteiger partial charge in [0.05, 0.1) is 12.2 Å². The van der Waals surface area contributed by atoms with Crippen molar-refractivity contribution in [3.63, 3.8) is 0 Å². The molecule has 4 rings (SSSR count). The molecule has 2 aromatic carbocycles. The highest BCUT2D eigenvalue weighted by molar-refractivity contribution is 5.88. The van der Waals surface area contributed by atoms with Crippen LogP contribution < -0.4 is 10.2 Å². The summed E-state index contributed by atoms with van der Waals surface area (Å²) in [4.78, 5) is 13.2. The Kier molecular flexibility index (Phi) is 5.56. The van der Waals surface area contributed by atoms with Crippen molar-refractivity contribution in [2.24, 2.45) is 0 Å². The SMILES string of the molecule is O=c1c(-c2ccc(O)cc2)coc2cc(O)cc(OC3OC(CO)C(O)C(O)C3O)c12. The van der Waals surface area contributed by atoms with E-state index in [0.29, 0.717) is 5.56 Å². The second-order valence-electron chi connectivity index (χ2n) is 7.16. The number of ether oxygens (including phenoxy) is 2. The first-order valence-electron chi connectivity index (χ1n) is 9.35. The Balaban J connectivity index is 1.79. The smallest absolute Gasteiger partial charge is 0.229 e. The van der Waals surface area contributed by atoms with Crippen LogP contribution in [0.4, 0.5) is 0 Å². The van der Waals surface area contributed by atoms with E-state index in [4.69, 9.17) is 13.9 Å². The van der Waals surface area contributed by atoms with Gasteiger partial charge >= 0.3 is 0 Å². The third kappa shape index (κ3) is 3.82. The first kappa shape index (κ1) is 21.1. The first-order valence-corrected chi connectivity index (χ1v) is 9.35. The lowest BCUT2D eigenvalue weighted by Gasteiger charge is -2.39. The molecule has 10 heteroatoms. The Hall–Kier alpha value is -3.15. The zero-order chi connectivity index (χ0) is 22.3. The molecule has 3 aromatic rings. The Morgan fingerprint density at radius 2 is 1.65 bits per heavy atom. The molecule has 164 valence electrons. The highest BCUT2D eigenvalue weighted by Crippen LogP contribution is 2.33. The zero-order valence-electron chi connectivity index (χ0n) is 16.0. The van der Waals surface area contributed by atoms with Gasteiger partial charge < -0.3 is 44.5 Å². The van der Waals surface area contributed by atoms with Crippen LogP contribution in [-0.2, 0) is 4.74 Å². The van der Waals surface area contributed by atoms with E-state index in [0.717, 1.165) is 6.07 Å². The zero-order valence-corrected chi connectivity index (χ0v) is 16.0. The molecule has 0 aliphatic carbocycles. The number of hydrogen-bond donors (Lipinski definition) is 6. The number of benzene rings is 2. The summed E-state index contributed by atoms with van der Waals surface area (Å²) in [6.45, 7) is -0.654. The fourth-order valence-electron chi connectivity index (χ4n) is 3.43. The molecule has 0 amide bonds. The molecule has 0 saturated carbocycles. The molecule has 1 aliphatic rings. The molecule has 5 atom stereocenters. The van der Waals surface area contributed by atoms with Gasteiger partial charge in [0.1, 0.15) is 58.9 Å². The highest BCUT2D eigenvalue weighted by Gasteiger charge is 2.45. The lowest BCUT2D eigenvalue weighted by Crippen LogP contribution is -2.60. The molecule has 0 bridgehead atoms. The maximum Gasteiger partial charge on any atom is 0.229 e. The molecule has 1 aliphatic heterocycles. The van der Waals surface area contributed by atoms with Crippen LogP contribution in [0.15, 0.2) is 51.9 Å². The first-order chi connectivity index (χ1) is 14.8. The Morgan fingerprint density at radius 3 is 2.32 bits per heavy atom. The van der Waals surface area contributed by atoms with Crippen LogP contribution in [-0.4, -0.2) is 68.0 Å². The van der Waals surface area contributed by atoms with Crippen LogP contribution in [0.5, 0.6) is 17.2 Å². The number of fused-ring (bicyclic) bond motifs is 1. The van der Waals surface area contributed by atoms with E-state index in [9.17, 15) is 35.4 Å². The number of phenolic OH excluding ortho intramolecular Hbond substituents is 2. The van der Waals surface area contributed by atoms with Gasteiger partial charge in [-0.05, 0) is 17.7 Å². The molecule has 2 heterocycles. The van der Waals surface area contributed by atoms with Gasteiger partial charge in [-0.15, -0.1) is 0 Å². The maximum absolute atomic E-state index is 13.2. The minimum absolute atomic E-state index is 0.00730. The highest BCUT2D eigenvalue weighted by atomic mass is 16.7. The van der Waals surface area contributed by atoms with Gasteiger partial charge in [0.15, 0.2) is 0 Å². The standard InChI is InChI=1S/C21H20O10/c22-7-15-18(26)19(27)20(28)21(31-15)30-14-6-11(24)5-13-16(14)17(25)12(8-29-13)9-1-3-10(23)4-2-9/h1-6,8,15,18-24,26-28H,7H2. The molecular weight excluding hydrogens is 412 g/mol. The summed E-state index contributed by atoms with van der Waals surface area (Å²) >= 11 is 0. The second kappa shape index (κ2) is 8.17. The van der Waals surface area contributed by atoms with Crippen molar-refractivity contribution in [1.29, 1.82) is 0 Å². The van der Waals surface area contributed by atoms with Gasteiger partial charge in [-0.3, -0.25) is 4.79 Å². The second-order valence-corrected chi connectivity index (χ2v) is 7.16. The summed E-state index contributed by atoms with van der Waals surface area (Å²) in [6, 6.07) is 8.17. The van der Waals surface area contributed by atoms with E-state index in [1.165, 1.54) is 36.6 Å². The molecule has 1 fully saturated rings. The van der Waals surface area contributed by atoms with Crippen LogP contribution in [0.2, 0.25) is 0 Å². The summed E-state index contributed by atoms with van der Waals surface area (Å²) in [5.41, 5.74) is 0.0795. The van der Waals surface area contributed by atoms with Crippen LogP contribution in [0.1, 0.15) is 0 Å². The number of rotatable bonds is 4. The minimum Gasteiger partial charge on any atom is -0.508 e. The van der Waals surface area contributed by atoms with Gasteiger partial charge in [-0.25, -0.2) is 0 Å². The summed E-state index contributed by atoms with van der Waals surface area (Å²) in [5, 5.41) is 58.8. The molecular formula is C21H20O10. The molecule has 0 radical (unpaired) electrons. The minimum atomic E-state index is -1.71. The number of aliphatic hydroxyl groups excluding tert-OH is 4. The summed E-state index contributed by atoms with van der Waals surface area (Å²) in [6.07, 6.45) is -6.53. The summed E-state index contributed by atoms with van der Waals surface area (Å²) < 4.78 is 16.4. The van der Waals surface area contributed by atoms with Gasteiger partial charge in [-0.1, -0.05) is 12.1 Å².